The van der Waals surface area contributed by atoms with Gasteiger partial charge >= 0.3 is 12.2 Å². The van der Waals surface area contributed by atoms with Gasteiger partial charge in [0.25, 0.3) is 0 Å². The van der Waals surface area contributed by atoms with Crippen LogP contribution in [0.5, 0.6) is 0 Å². The van der Waals surface area contributed by atoms with Crippen molar-refractivity contribution >= 4 is 44.6 Å². The number of hydrogen-bond donors (Lipinski definition) is 3. The Balaban J connectivity index is 1.52. The number of carbonyl (C=O) groups excluding carboxylic acids is 1. The number of urea groups is 1. The molecule has 0 aliphatic carbocycles. The van der Waals surface area contributed by atoms with Crippen LogP contribution in [0.1, 0.15) is 38.8 Å². The molecule has 0 fully saturated rings. The molecule has 2 heterocycles. The number of amides is 2. The number of nitrogens with one attached hydrogen (secondary N) is 2. The largest absolute Gasteiger partial charge is 0.416 e. The van der Waals surface area contributed by atoms with Crippen LogP contribution in [0.3, 0.4) is 0 Å². The number of aromatic nitrogens is 1. The van der Waals surface area contributed by atoms with Gasteiger partial charge in [0.2, 0.25) is 0 Å². The van der Waals surface area contributed by atoms with E-state index in [0.717, 1.165) is 26.8 Å². The van der Waals surface area contributed by atoms with E-state index >= 15 is 0 Å². The monoisotopic (exact) mass is 583 g/mol. The molecule has 4 N–H and O–H groups in total. The van der Waals surface area contributed by atoms with E-state index < -0.39 is 29.3 Å². The Kier molecular flexibility index (Phi) is 8.85. The summed E-state index contributed by atoms with van der Waals surface area (Å²) in [5.74, 6) is 5.89. The molecular formula is C30H29F4N5OS. The molecule has 11 heteroatoms. The summed E-state index contributed by atoms with van der Waals surface area (Å²) in [6, 6.07) is 8.44. The van der Waals surface area contributed by atoms with E-state index in [9.17, 15) is 22.4 Å². The molecule has 2 amide bonds. The van der Waals surface area contributed by atoms with Crippen LogP contribution in [-0.4, -0.2) is 34.5 Å². The second-order valence-corrected chi connectivity index (χ2v) is 10.8. The van der Waals surface area contributed by atoms with Crippen LogP contribution in [0.2, 0.25) is 0 Å². The highest BCUT2D eigenvalue weighted by atomic mass is 32.1. The van der Waals surface area contributed by atoms with E-state index in [4.69, 9.17) is 5.73 Å². The molecule has 2 aromatic heterocycles. The van der Waals surface area contributed by atoms with E-state index in [1.54, 1.807) is 30.5 Å². The number of nitrogens with zero attached hydrogens (tertiary/aromatic N) is 2. The third-order valence-corrected chi connectivity index (χ3v) is 7.44. The molecule has 214 valence electrons. The minimum Gasteiger partial charge on any atom is -0.383 e. The summed E-state index contributed by atoms with van der Waals surface area (Å²) in [6.45, 7) is 9.18. The summed E-state index contributed by atoms with van der Waals surface area (Å²) in [5.41, 5.74) is 7.41. The quantitative estimate of drug-likeness (QED) is 0.160. The highest BCUT2D eigenvalue weighted by Crippen LogP contribution is 2.38. The Hall–Kier alpha value is -4.14. The number of rotatable bonds is 6. The highest BCUT2D eigenvalue weighted by molar-refractivity contribution is 7.18. The Morgan fingerprint density at radius 1 is 1.07 bits per heavy atom. The van der Waals surface area contributed by atoms with Crippen molar-refractivity contribution in [3.63, 3.8) is 0 Å². The molecule has 2 aromatic carbocycles. The van der Waals surface area contributed by atoms with Gasteiger partial charge in [0, 0.05) is 34.9 Å². The fraction of sp³-hybridized carbons (Fsp3) is 0.267. The molecule has 0 radical (unpaired) electrons. The van der Waals surface area contributed by atoms with Crippen molar-refractivity contribution in [2.24, 2.45) is 0 Å². The minimum absolute atomic E-state index is 0.357. The Bertz CT molecular complexity index is 1610. The van der Waals surface area contributed by atoms with Gasteiger partial charge in [-0.25, -0.2) is 14.2 Å². The molecule has 0 unspecified atom stereocenters. The van der Waals surface area contributed by atoms with Gasteiger partial charge in [0.05, 0.1) is 28.1 Å². The predicted octanol–water partition coefficient (Wildman–Crippen LogP) is 7.82. The van der Waals surface area contributed by atoms with E-state index in [1.165, 1.54) is 11.3 Å². The maximum absolute atomic E-state index is 14.0. The lowest BCUT2D eigenvalue weighted by Gasteiger charge is -2.28. The van der Waals surface area contributed by atoms with E-state index in [-0.39, 0.29) is 0 Å². The van der Waals surface area contributed by atoms with Crippen molar-refractivity contribution < 1.29 is 22.4 Å². The van der Waals surface area contributed by atoms with E-state index in [0.29, 0.717) is 48.3 Å². The fourth-order valence-corrected chi connectivity index (χ4v) is 5.42. The van der Waals surface area contributed by atoms with Gasteiger partial charge in [-0.3, -0.25) is 4.90 Å². The number of thiophene rings is 1. The van der Waals surface area contributed by atoms with Gasteiger partial charge < -0.3 is 16.4 Å². The fourth-order valence-electron chi connectivity index (χ4n) is 4.37. The van der Waals surface area contributed by atoms with Crippen molar-refractivity contribution in [2.75, 3.05) is 22.9 Å². The summed E-state index contributed by atoms with van der Waals surface area (Å²) < 4.78 is 53.8. The summed E-state index contributed by atoms with van der Waals surface area (Å²) >= 11 is 1.51. The Morgan fingerprint density at radius 2 is 1.76 bits per heavy atom. The topological polar surface area (TPSA) is 83.3 Å². The molecule has 41 heavy (non-hydrogen) atoms. The van der Waals surface area contributed by atoms with Crippen molar-refractivity contribution in [3.05, 3.63) is 71.0 Å². The molecule has 0 bridgehead atoms. The molecule has 0 saturated heterocycles. The summed E-state index contributed by atoms with van der Waals surface area (Å²) in [5, 5.41) is 7.37. The van der Waals surface area contributed by atoms with Gasteiger partial charge in [-0.1, -0.05) is 24.0 Å². The smallest absolute Gasteiger partial charge is 0.383 e. The number of pyridine rings is 1. The van der Waals surface area contributed by atoms with Gasteiger partial charge in [0.15, 0.2) is 0 Å². The zero-order valence-electron chi connectivity index (χ0n) is 22.9. The summed E-state index contributed by atoms with van der Waals surface area (Å²) in [4.78, 5) is 19.0. The molecule has 6 nitrogen and oxygen atoms in total. The van der Waals surface area contributed by atoms with Crippen molar-refractivity contribution in [2.45, 2.75) is 46.0 Å². The van der Waals surface area contributed by atoms with Crippen LogP contribution in [-0.2, 0) is 6.18 Å². The number of carbonyl (C=O) groups is 1. The molecule has 0 atom stereocenters. The van der Waals surface area contributed by atoms with Crippen LogP contribution in [0.25, 0.3) is 21.2 Å². The zero-order valence-corrected chi connectivity index (χ0v) is 23.7. The number of alkyl halides is 3. The van der Waals surface area contributed by atoms with E-state index in [1.807, 2.05) is 5.38 Å². The first-order valence-electron chi connectivity index (χ1n) is 12.8. The lowest BCUT2D eigenvalue weighted by molar-refractivity contribution is -0.137. The van der Waals surface area contributed by atoms with Crippen LogP contribution < -0.4 is 16.4 Å². The van der Waals surface area contributed by atoms with E-state index in [2.05, 4.69) is 60.1 Å². The number of halogens is 4. The number of nitrogens with two attached hydrogens (primary N) is 1. The molecule has 0 aliphatic heterocycles. The number of fused-ring (bicyclic) bond motifs is 1. The third kappa shape index (κ3) is 6.96. The SMILES string of the molecule is CC(C)N(CC#Cc1cnc(N)c2c(-c3ccc(NC(=O)Nc4cc(C(F)(F)F)ccc4F)cc3)csc12)C(C)C. The highest BCUT2D eigenvalue weighted by Gasteiger charge is 2.31. The van der Waals surface area contributed by atoms with Gasteiger partial charge in [-0.05, 0) is 69.0 Å². The maximum Gasteiger partial charge on any atom is 0.416 e. The van der Waals surface area contributed by atoms with Gasteiger partial charge in [0.1, 0.15) is 11.6 Å². The normalized spacial score (nSPS) is 11.7. The number of hydrogen-bond acceptors (Lipinski definition) is 5. The van der Waals surface area contributed by atoms with Crippen LogP contribution in [0.15, 0.2) is 54.0 Å². The second-order valence-electron chi connectivity index (χ2n) is 9.92. The molecule has 0 aliphatic rings. The third-order valence-electron chi connectivity index (χ3n) is 6.43. The number of nitrogen functional groups attached to an aromatic ring is 1. The maximum atomic E-state index is 14.0. The zero-order chi connectivity index (χ0) is 29.9. The lowest BCUT2D eigenvalue weighted by Crippen LogP contribution is -2.37. The molecule has 0 saturated carbocycles. The van der Waals surface area contributed by atoms with Crippen LogP contribution in [0.4, 0.5) is 39.5 Å². The van der Waals surface area contributed by atoms with Crippen LogP contribution in [0, 0.1) is 17.7 Å². The first kappa shape index (κ1) is 29.8. The molecule has 4 aromatic rings. The average Bonchev–Trinajstić information content (AvgIpc) is 3.35. The van der Waals surface area contributed by atoms with Crippen molar-refractivity contribution in [1.29, 1.82) is 0 Å². The summed E-state index contributed by atoms with van der Waals surface area (Å²) in [6.07, 6.45) is -2.99. The van der Waals surface area contributed by atoms with Gasteiger partial charge in [-0.15, -0.1) is 11.3 Å². The van der Waals surface area contributed by atoms with Crippen molar-refractivity contribution in [1.82, 2.24) is 9.88 Å². The standard InChI is InChI=1S/C30H29F4N5OS/c1-17(2)39(18(3)4)13-5-6-20-15-36-28(35)26-23(16-41-27(20)26)19-7-10-22(11-8-19)37-29(40)38-25-14-21(30(32,33)34)9-12-24(25)31/h7-12,14-18H,13H2,1-4H3,(H2,35,36)(H2,37,38,40). The molecular weight excluding hydrogens is 554 g/mol. The van der Waals surface area contributed by atoms with Crippen LogP contribution >= 0.6 is 11.3 Å². The first-order chi connectivity index (χ1) is 19.3. The average molecular weight is 584 g/mol. The molecule has 0 spiro atoms. The van der Waals surface area contributed by atoms with Crippen molar-refractivity contribution in [3.8, 4) is 23.0 Å². The first-order valence-corrected chi connectivity index (χ1v) is 13.7. The summed E-state index contributed by atoms with van der Waals surface area (Å²) in [7, 11) is 0. The second kappa shape index (κ2) is 12.2. The number of benzene rings is 2. The van der Waals surface area contributed by atoms with Gasteiger partial charge in [-0.2, -0.15) is 13.2 Å². The molecule has 4 rings (SSSR count). The predicted molar refractivity (Wildman–Crippen MR) is 157 cm³/mol. The number of anilines is 3. The lowest BCUT2D eigenvalue weighted by atomic mass is 10.0. The Labute approximate surface area is 239 Å². The Morgan fingerprint density at radius 3 is 2.39 bits per heavy atom. The minimum atomic E-state index is -4.67.